The maximum atomic E-state index is 10.2. The van der Waals surface area contributed by atoms with Gasteiger partial charge in [0, 0.05) is 32.6 Å². The largest absolute Gasteiger partial charge is 0.455 e. The monoisotopic (exact) mass is 302 g/mol. The topological polar surface area (TPSA) is 44.8 Å². The predicted octanol–water partition coefficient (Wildman–Crippen LogP) is 2.06. The summed E-state index contributed by atoms with van der Waals surface area (Å²) in [5.74, 6) is 0.946. The lowest BCUT2D eigenvalue weighted by Gasteiger charge is -2.37. The number of nitrogens with zero attached hydrogens (tertiary/aromatic N) is 2. The van der Waals surface area contributed by atoms with Crippen molar-refractivity contribution in [2.24, 2.45) is 0 Å². The number of anilines is 1. The molecule has 5 heteroatoms. The van der Waals surface area contributed by atoms with Crippen molar-refractivity contribution in [3.05, 3.63) is 24.3 Å². The zero-order chi connectivity index (χ0) is 15.2. The number of benzene rings is 1. The molecule has 22 heavy (non-hydrogen) atoms. The van der Waals surface area contributed by atoms with E-state index in [1.807, 2.05) is 24.5 Å². The highest BCUT2D eigenvalue weighted by Gasteiger charge is 2.29. The first kappa shape index (κ1) is 15.3. The number of hydrogen-bond donors (Lipinski definition) is 1. The van der Waals surface area contributed by atoms with Crippen molar-refractivity contribution in [3.8, 4) is 5.75 Å². The van der Waals surface area contributed by atoms with Gasteiger partial charge in [0.15, 0.2) is 6.29 Å². The van der Waals surface area contributed by atoms with Gasteiger partial charge in [-0.1, -0.05) is 18.6 Å². The Bertz CT molecular complexity index is 462. The highest BCUT2D eigenvalue weighted by Crippen LogP contribution is 2.32. The smallest absolute Gasteiger partial charge is 0.230 e. The van der Waals surface area contributed by atoms with Gasteiger partial charge in [0.25, 0.3) is 0 Å². The molecule has 5 nitrogen and oxygen atoms in total. The lowest BCUT2D eigenvalue weighted by Crippen LogP contribution is -2.53. The molecule has 1 unspecified atom stereocenters. The zero-order valence-electron chi connectivity index (χ0n) is 13.0. The van der Waals surface area contributed by atoms with Crippen molar-refractivity contribution in [2.45, 2.75) is 32.0 Å². The second-order valence-corrected chi connectivity index (χ2v) is 5.94. The van der Waals surface area contributed by atoms with E-state index in [1.165, 1.54) is 6.42 Å². The van der Waals surface area contributed by atoms with Crippen LogP contribution in [0.25, 0.3) is 0 Å². The van der Waals surface area contributed by atoms with Gasteiger partial charge < -0.3 is 15.0 Å². The molecular formula is C17H24N3O2. The summed E-state index contributed by atoms with van der Waals surface area (Å²) in [5.41, 5.74) is 1.09. The molecule has 119 valence electrons. The molecule has 2 aliphatic rings. The average molecular weight is 302 g/mol. The molecule has 0 bridgehead atoms. The molecule has 1 aromatic carbocycles. The maximum absolute atomic E-state index is 10.2. The summed E-state index contributed by atoms with van der Waals surface area (Å²) in [6.07, 6.45) is 5.79. The molecule has 0 aromatic heterocycles. The van der Waals surface area contributed by atoms with E-state index in [-0.39, 0.29) is 6.35 Å². The van der Waals surface area contributed by atoms with Gasteiger partial charge in [-0.3, -0.25) is 4.79 Å². The number of para-hydroxylation sites is 2. The molecule has 1 saturated heterocycles. The molecule has 1 radical (unpaired) electrons. The highest BCUT2D eigenvalue weighted by molar-refractivity contribution is 5.59. The van der Waals surface area contributed by atoms with Gasteiger partial charge >= 0.3 is 0 Å². The van der Waals surface area contributed by atoms with E-state index in [4.69, 9.17) is 4.74 Å². The minimum atomic E-state index is -0.0253. The second-order valence-electron chi connectivity index (χ2n) is 5.94. The van der Waals surface area contributed by atoms with Crippen LogP contribution in [0.2, 0.25) is 0 Å². The van der Waals surface area contributed by atoms with Gasteiger partial charge in [0.1, 0.15) is 5.75 Å². The first-order valence-electron chi connectivity index (χ1n) is 8.20. The third-order valence-electron chi connectivity index (χ3n) is 4.40. The normalized spacial score (nSPS) is 21.9. The van der Waals surface area contributed by atoms with Gasteiger partial charge in [-0.05, 0) is 31.5 Å². The first-order valence-corrected chi connectivity index (χ1v) is 8.20. The fourth-order valence-corrected chi connectivity index (χ4v) is 3.07. The minimum absolute atomic E-state index is 0.0253. The molecular weight excluding hydrogens is 278 g/mol. The molecule has 1 aromatic rings. The maximum Gasteiger partial charge on any atom is 0.230 e. The quantitative estimate of drug-likeness (QED) is 0.781. The van der Waals surface area contributed by atoms with Crippen LogP contribution >= 0.6 is 0 Å². The van der Waals surface area contributed by atoms with Crippen molar-refractivity contribution < 1.29 is 9.53 Å². The van der Waals surface area contributed by atoms with E-state index in [0.717, 1.165) is 57.0 Å². The van der Waals surface area contributed by atoms with Crippen LogP contribution in [0.15, 0.2) is 24.3 Å². The minimum Gasteiger partial charge on any atom is -0.455 e. The molecule has 1 fully saturated rings. The summed E-state index contributed by atoms with van der Waals surface area (Å²) < 4.78 is 5.97. The van der Waals surface area contributed by atoms with Gasteiger partial charge in [-0.15, -0.1) is 0 Å². The third kappa shape index (κ3) is 3.78. The van der Waals surface area contributed by atoms with Gasteiger partial charge in [0.05, 0.1) is 5.69 Å². The van der Waals surface area contributed by atoms with E-state index in [9.17, 15) is 4.79 Å². The van der Waals surface area contributed by atoms with E-state index in [2.05, 4.69) is 21.2 Å². The number of carbonyl (C=O) groups excluding carboxylic acids is 1. The van der Waals surface area contributed by atoms with Crippen molar-refractivity contribution in [2.75, 3.05) is 38.0 Å². The Morgan fingerprint density at radius 2 is 1.95 bits per heavy atom. The van der Waals surface area contributed by atoms with Gasteiger partial charge in [-0.25, -0.2) is 4.90 Å². The molecule has 2 aliphatic heterocycles. The molecule has 0 amide bonds. The van der Waals surface area contributed by atoms with Crippen molar-refractivity contribution in [3.63, 3.8) is 0 Å². The van der Waals surface area contributed by atoms with Gasteiger partial charge in [0.2, 0.25) is 6.35 Å². The Hall–Kier alpha value is -1.59. The molecule has 1 atom stereocenters. The van der Waals surface area contributed by atoms with Crippen LogP contribution in [-0.2, 0) is 4.79 Å². The first-order chi connectivity index (χ1) is 10.9. The van der Waals surface area contributed by atoms with Crippen LogP contribution in [0.3, 0.4) is 0 Å². The van der Waals surface area contributed by atoms with Crippen LogP contribution in [-0.4, -0.2) is 55.2 Å². The molecule has 0 saturated carbocycles. The molecule has 2 heterocycles. The summed E-state index contributed by atoms with van der Waals surface area (Å²) in [7, 11) is 0. The van der Waals surface area contributed by atoms with Crippen LogP contribution < -0.4 is 10.1 Å². The van der Waals surface area contributed by atoms with Crippen LogP contribution in [0, 0.1) is 0 Å². The lowest BCUT2D eigenvalue weighted by molar-refractivity contribution is 0.0182. The molecule has 3 rings (SSSR count). The Morgan fingerprint density at radius 1 is 1.14 bits per heavy atom. The lowest BCUT2D eigenvalue weighted by atomic mass is 10.2. The van der Waals surface area contributed by atoms with E-state index in [1.54, 1.807) is 0 Å². The Labute approximate surface area is 132 Å². The van der Waals surface area contributed by atoms with Crippen molar-refractivity contribution in [1.29, 1.82) is 0 Å². The number of unbranched alkanes of at least 4 members (excludes halogenated alkanes) is 3. The predicted molar refractivity (Wildman–Crippen MR) is 86.7 cm³/mol. The van der Waals surface area contributed by atoms with Crippen LogP contribution in [0.1, 0.15) is 25.7 Å². The summed E-state index contributed by atoms with van der Waals surface area (Å²) in [4.78, 5) is 15.0. The molecule has 0 aliphatic carbocycles. The number of nitrogens with one attached hydrogen (secondary N) is 1. The van der Waals surface area contributed by atoms with Crippen molar-refractivity contribution in [1.82, 2.24) is 9.80 Å². The highest BCUT2D eigenvalue weighted by atomic mass is 16.5. The zero-order valence-corrected chi connectivity index (χ0v) is 13.0. The fourth-order valence-electron chi connectivity index (χ4n) is 3.07. The Kier molecular flexibility index (Phi) is 5.29. The summed E-state index contributed by atoms with van der Waals surface area (Å²) in [5, 5.41) is 3.43. The molecule has 1 N–H and O–H groups in total. The SMILES string of the molecule is O=[C]CCCCCN1CCN(C2Nc3ccccc3O2)CC1. The summed E-state index contributed by atoms with van der Waals surface area (Å²) in [6.45, 7) is 5.34. The second kappa shape index (κ2) is 7.61. The summed E-state index contributed by atoms with van der Waals surface area (Å²) >= 11 is 0. The van der Waals surface area contributed by atoms with Gasteiger partial charge in [-0.2, -0.15) is 0 Å². The van der Waals surface area contributed by atoms with E-state index >= 15 is 0 Å². The Balaban J connectivity index is 1.37. The summed E-state index contributed by atoms with van der Waals surface area (Å²) in [6, 6.07) is 8.10. The number of hydrogen-bond acceptors (Lipinski definition) is 5. The third-order valence-corrected chi connectivity index (χ3v) is 4.40. The number of rotatable bonds is 7. The van der Waals surface area contributed by atoms with E-state index in [0.29, 0.717) is 6.42 Å². The number of ether oxygens (including phenoxy) is 1. The number of piperazine rings is 1. The van der Waals surface area contributed by atoms with Crippen LogP contribution in [0.5, 0.6) is 5.75 Å². The molecule has 0 spiro atoms. The Morgan fingerprint density at radius 3 is 2.73 bits per heavy atom. The average Bonchev–Trinajstić information content (AvgIpc) is 2.99. The fraction of sp³-hybridized carbons (Fsp3) is 0.588. The standard InChI is InChI=1S/C17H24N3O2/c21-14-6-2-1-5-9-19-10-12-20(13-11-19)17-18-15-7-3-4-8-16(15)22-17/h3-4,7-8,17-18H,1-2,5-6,9-13H2. The number of fused-ring (bicyclic) bond motifs is 1. The van der Waals surface area contributed by atoms with Crippen molar-refractivity contribution >= 4 is 12.0 Å². The van der Waals surface area contributed by atoms with E-state index < -0.39 is 0 Å². The van der Waals surface area contributed by atoms with Crippen LogP contribution in [0.4, 0.5) is 5.69 Å².